The summed E-state index contributed by atoms with van der Waals surface area (Å²) in [5.74, 6) is -0.259. The molecule has 2 N–H and O–H groups in total. The average molecular weight is 535 g/mol. The average Bonchev–Trinajstić information content (AvgIpc) is 3.18. The Hall–Kier alpha value is -3.23. The number of nitriles is 1. The summed E-state index contributed by atoms with van der Waals surface area (Å²) in [4.78, 5) is 38.3. The summed E-state index contributed by atoms with van der Waals surface area (Å²) in [5.41, 5.74) is -2.46. The van der Waals surface area contributed by atoms with E-state index in [-0.39, 0.29) is 31.3 Å². The molecule has 2 heterocycles. The van der Waals surface area contributed by atoms with Crippen molar-refractivity contribution in [3.8, 4) is 11.8 Å². The number of esters is 1. The van der Waals surface area contributed by atoms with Crippen LogP contribution < -0.4 is 20.9 Å². The normalized spacial score (nSPS) is 23.7. The van der Waals surface area contributed by atoms with Crippen LogP contribution >= 0.6 is 7.75 Å². The van der Waals surface area contributed by atoms with Gasteiger partial charge in [-0.1, -0.05) is 32.0 Å². The van der Waals surface area contributed by atoms with Crippen molar-refractivity contribution in [1.82, 2.24) is 14.6 Å². The molecule has 200 valence electrons. The lowest BCUT2D eigenvalue weighted by atomic mass is 9.87. The summed E-state index contributed by atoms with van der Waals surface area (Å²) in [7, 11) is -4.14. The van der Waals surface area contributed by atoms with Crippen LogP contribution in [0.4, 0.5) is 0 Å². The van der Waals surface area contributed by atoms with Gasteiger partial charge in [0.05, 0.1) is 25.4 Å². The summed E-state index contributed by atoms with van der Waals surface area (Å²) in [5, 5.41) is 12.4. The number of hydrogen-bond donors (Lipinski definition) is 2. The molecule has 1 aliphatic rings. The van der Waals surface area contributed by atoms with Crippen molar-refractivity contribution in [2.75, 3.05) is 13.2 Å². The van der Waals surface area contributed by atoms with Gasteiger partial charge in [-0.25, -0.2) is 9.36 Å². The number of aromatic amines is 1. The van der Waals surface area contributed by atoms with Gasteiger partial charge in [0, 0.05) is 12.3 Å². The van der Waals surface area contributed by atoms with E-state index in [4.69, 9.17) is 18.5 Å². The highest BCUT2D eigenvalue weighted by Crippen LogP contribution is 2.48. The van der Waals surface area contributed by atoms with Crippen molar-refractivity contribution in [2.24, 2.45) is 11.3 Å². The first kappa shape index (κ1) is 28.3. The lowest BCUT2D eigenvalue weighted by molar-refractivity contribution is -0.146. The molecule has 0 saturated carbocycles. The van der Waals surface area contributed by atoms with Crippen molar-refractivity contribution in [2.45, 2.75) is 52.5 Å². The fraction of sp³-hybridized carbons (Fsp3) is 0.500. The van der Waals surface area contributed by atoms with E-state index >= 15 is 0 Å². The number of hydrogen-bond acceptors (Lipinski definition) is 9. The standard InChI is InChI=1S/C24H31N4O8P/c1-16(2)13-33-21(30)17(3)27-37(32,36-18-8-6-5-7-9-18)34-14-19-12-24(4,15-25)22(35-19)28-11-10-20(29)26-23(28)31/h5-11,16-17,19,22H,12-14H2,1-4H3,(H,27,32)(H,26,29,31). The molecule has 1 aliphatic heterocycles. The topological polar surface area (TPSA) is 162 Å². The van der Waals surface area contributed by atoms with E-state index in [9.17, 15) is 24.2 Å². The van der Waals surface area contributed by atoms with Gasteiger partial charge in [-0.15, -0.1) is 0 Å². The van der Waals surface area contributed by atoms with E-state index in [0.717, 1.165) is 10.6 Å². The fourth-order valence-electron chi connectivity index (χ4n) is 3.69. The second-order valence-electron chi connectivity index (χ2n) is 9.43. The highest BCUT2D eigenvalue weighted by atomic mass is 31.2. The Bertz CT molecular complexity index is 1290. The van der Waals surface area contributed by atoms with Crippen LogP contribution in [0.15, 0.2) is 52.2 Å². The number of nitrogens with zero attached hydrogens (tertiary/aromatic N) is 2. The van der Waals surface area contributed by atoms with E-state index in [1.807, 2.05) is 13.8 Å². The molecule has 1 aromatic carbocycles. The van der Waals surface area contributed by atoms with E-state index in [1.165, 1.54) is 13.1 Å². The minimum Gasteiger partial charge on any atom is -0.464 e. The SMILES string of the molecule is CC(C)COC(=O)C(C)NP(=O)(OCC1CC(C)(C#N)C(n2ccc(=O)[nH]c2=O)O1)Oc1ccccc1. The van der Waals surface area contributed by atoms with Gasteiger partial charge in [0.15, 0.2) is 6.23 Å². The molecule has 0 aliphatic carbocycles. The van der Waals surface area contributed by atoms with Crippen molar-refractivity contribution in [3.63, 3.8) is 0 Å². The van der Waals surface area contributed by atoms with Gasteiger partial charge < -0.3 is 14.0 Å². The van der Waals surface area contributed by atoms with Gasteiger partial charge in [-0.05, 0) is 38.3 Å². The predicted molar refractivity (Wildman–Crippen MR) is 133 cm³/mol. The van der Waals surface area contributed by atoms with E-state index in [2.05, 4.69) is 16.1 Å². The van der Waals surface area contributed by atoms with E-state index < -0.39 is 48.8 Å². The van der Waals surface area contributed by atoms with E-state index in [0.29, 0.717) is 0 Å². The molecule has 0 amide bonds. The first-order chi connectivity index (χ1) is 17.4. The fourth-order valence-corrected chi connectivity index (χ4v) is 5.21. The third-order valence-electron chi connectivity index (χ3n) is 5.54. The van der Waals surface area contributed by atoms with Gasteiger partial charge in [0.1, 0.15) is 17.2 Å². The molecule has 5 atom stereocenters. The second-order valence-corrected chi connectivity index (χ2v) is 11.1. The number of carbonyl (C=O) groups is 1. The maximum atomic E-state index is 13.7. The maximum Gasteiger partial charge on any atom is 0.459 e. The Morgan fingerprint density at radius 1 is 1.30 bits per heavy atom. The molecule has 1 fully saturated rings. The monoisotopic (exact) mass is 534 g/mol. The largest absolute Gasteiger partial charge is 0.464 e. The molecule has 2 aromatic rings. The first-order valence-corrected chi connectivity index (χ1v) is 13.3. The molecular weight excluding hydrogens is 503 g/mol. The summed E-state index contributed by atoms with van der Waals surface area (Å²) in [6.45, 7) is 6.79. The van der Waals surface area contributed by atoms with Crippen LogP contribution in [0.3, 0.4) is 0 Å². The van der Waals surface area contributed by atoms with Gasteiger partial charge in [0.25, 0.3) is 5.56 Å². The Labute approximate surface area is 214 Å². The van der Waals surface area contributed by atoms with Crippen molar-refractivity contribution < 1.29 is 27.9 Å². The Morgan fingerprint density at radius 3 is 2.62 bits per heavy atom. The van der Waals surface area contributed by atoms with Gasteiger partial charge >= 0.3 is 19.4 Å². The molecule has 13 heteroatoms. The third kappa shape index (κ3) is 7.40. The quantitative estimate of drug-likeness (QED) is 0.324. The van der Waals surface area contributed by atoms with Gasteiger partial charge in [0.2, 0.25) is 0 Å². The van der Waals surface area contributed by atoms with Crippen LogP contribution in [0.1, 0.15) is 40.3 Å². The molecule has 0 bridgehead atoms. The molecule has 12 nitrogen and oxygen atoms in total. The minimum atomic E-state index is -4.14. The number of ether oxygens (including phenoxy) is 2. The molecule has 0 radical (unpaired) electrons. The lowest BCUT2D eigenvalue weighted by Crippen LogP contribution is -2.36. The summed E-state index contributed by atoms with van der Waals surface area (Å²) >= 11 is 0. The lowest BCUT2D eigenvalue weighted by Gasteiger charge is -2.24. The first-order valence-electron chi connectivity index (χ1n) is 11.8. The molecule has 5 unspecified atom stereocenters. The number of aromatic nitrogens is 2. The highest BCUT2D eigenvalue weighted by Gasteiger charge is 2.48. The number of nitrogens with one attached hydrogen (secondary N) is 2. The number of carbonyl (C=O) groups excluding carboxylic acids is 1. The van der Waals surface area contributed by atoms with Crippen LogP contribution in [-0.4, -0.2) is 40.9 Å². The maximum absolute atomic E-state index is 13.7. The minimum absolute atomic E-state index is 0.122. The van der Waals surface area contributed by atoms with Crippen LogP contribution in [0.5, 0.6) is 5.75 Å². The van der Waals surface area contributed by atoms with Crippen molar-refractivity contribution >= 4 is 13.7 Å². The van der Waals surface area contributed by atoms with Gasteiger partial charge in [-0.3, -0.25) is 23.7 Å². The van der Waals surface area contributed by atoms with E-state index in [1.54, 1.807) is 37.3 Å². The smallest absolute Gasteiger partial charge is 0.459 e. The Kier molecular flexibility index (Phi) is 9.10. The Morgan fingerprint density at radius 2 is 2.00 bits per heavy atom. The number of H-pyrrole nitrogens is 1. The molecular formula is C24H31N4O8P. The second kappa shape index (κ2) is 11.9. The Balaban J connectivity index is 1.77. The number of para-hydroxylation sites is 1. The summed E-state index contributed by atoms with van der Waals surface area (Å²) < 4.78 is 37.3. The summed E-state index contributed by atoms with van der Waals surface area (Å²) in [6, 6.07) is 10.6. The van der Waals surface area contributed by atoms with Crippen molar-refractivity contribution in [3.05, 3.63) is 63.4 Å². The third-order valence-corrected chi connectivity index (χ3v) is 7.18. The zero-order valence-electron chi connectivity index (χ0n) is 21.1. The molecule has 37 heavy (non-hydrogen) atoms. The van der Waals surface area contributed by atoms with Crippen molar-refractivity contribution in [1.29, 1.82) is 5.26 Å². The zero-order chi connectivity index (χ0) is 27.2. The zero-order valence-corrected chi connectivity index (χ0v) is 22.0. The molecule has 1 aromatic heterocycles. The van der Waals surface area contributed by atoms with Gasteiger partial charge in [-0.2, -0.15) is 10.3 Å². The number of rotatable bonds is 11. The highest BCUT2D eigenvalue weighted by molar-refractivity contribution is 7.52. The molecule has 3 rings (SSSR count). The van der Waals surface area contributed by atoms with Crippen LogP contribution in [0.25, 0.3) is 0 Å². The van der Waals surface area contributed by atoms with Crippen LogP contribution in [0.2, 0.25) is 0 Å². The van der Waals surface area contributed by atoms with Crippen LogP contribution in [0, 0.1) is 22.7 Å². The number of benzene rings is 1. The van der Waals surface area contributed by atoms with Crippen LogP contribution in [-0.2, 0) is 23.4 Å². The summed E-state index contributed by atoms with van der Waals surface area (Å²) in [6.07, 6.45) is -0.397. The molecule has 0 spiro atoms. The molecule has 1 saturated heterocycles. The predicted octanol–water partition coefficient (Wildman–Crippen LogP) is 2.73.